The Morgan fingerprint density at radius 2 is 1.58 bits per heavy atom. The summed E-state index contributed by atoms with van der Waals surface area (Å²) >= 11 is 1.28. The number of rotatable bonds is 10. The second-order valence-corrected chi connectivity index (χ2v) is 10.2. The van der Waals surface area contributed by atoms with Gasteiger partial charge in [-0.3, -0.25) is 24.5 Å². The molecule has 3 N–H and O–H groups in total. The third kappa shape index (κ3) is 7.77. The zero-order valence-corrected chi connectivity index (χ0v) is 23.3. The van der Waals surface area contributed by atoms with Gasteiger partial charge < -0.3 is 25.4 Å². The number of ether oxygens (including phenoxy) is 2. The van der Waals surface area contributed by atoms with Crippen LogP contribution in [0.15, 0.2) is 108 Å². The maximum absolute atomic E-state index is 13.3. The number of nitrogens with zero attached hydrogens (tertiary/aromatic N) is 1. The molecule has 43 heavy (non-hydrogen) atoms. The summed E-state index contributed by atoms with van der Waals surface area (Å²) in [6, 6.07) is 26.0. The van der Waals surface area contributed by atoms with Gasteiger partial charge in [0.1, 0.15) is 5.70 Å². The Bertz CT molecular complexity index is 1710. The molecule has 0 aliphatic carbocycles. The second-order valence-electron chi connectivity index (χ2n) is 9.11. The van der Waals surface area contributed by atoms with E-state index >= 15 is 0 Å². The van der Waals surface area contributed by atoms with Gasteiger partial charge in [-0.15, -0.1) is 11.8 Å². The first-order chi connectivity index (χ1) is 20.8. The van der Waals surface area contributed by atoms with Crippen LogP contribution in [0.5, 0.6) is 11.5 Å². The minimum atomic E-state index is -0.606. The third-order valence-electron chi connectivity index (χ3n) is 6.06. The van der Waals surface area contributed by atoms with E-state index in [1.807, 2.05) is 0 Å². The fourth-order valence-electron chi connectivity index (χ4n) is 3.98. The number of thioether (sulfide) groups is 1. The SMILES string of the molecule is O=C(CSc1cccc(NC(=O)/C(=C\c2ccc([N+](=O)[O-])cc2)NC(=O)c2ccccc2)c1)Nc1ccc2c(c1)OCO2. The second kappa shape index (κ2) is 13.4. The van der Waals surface area contributed by atoms with Gasteiger partial charge in [0, 0.05) is 40.0 Å². The van der Waals surface area contributed by atoms with Crippen LogP contribution in [0.25, 0.3) is 6.08 Å². The highest BCUT2D eigenvalue weighted by Gasteiger charge is 2.17. The molecule has 216 valence electrons. The van der Waals surface area contributed by atoms with E-state index in [1.165, 1.54) is 42.1 Å². The highest BCUT2D eigenvalue weighted by molar-refractivity contribution is 8.00. The van der Waals surface area contributed by atoms with Crippen molar-refractivity contribution in [3.8, 4) is 11.5 Å². The first-order valence-corrected chi connectivity index (χ1v) is 13.9. The standard InChI is InChI=1S/C31H24N4O7S/c36-29(32-23-11-14-27-28(17-23)42-19-41-27)18-43-25-8-4-7-22(16-25)33-31(38)26(34-30(37)21-5-2-1-3-6-21)15-20-9-12-24(13-10-20)35(39)40/h1-17H,18-19H2,(H,32,36)(H,33,38)(H,34,37)/b26-15+. The van der Waals surface area contributed by atoms with Crippen LogP contribution in [0.1, 0.15) is 15.9 Å². The Labute approximate surface area is 250 Å². The molecular formula is C31H24N4O7S. The topological polar surface area (TPSA) is 149 Å². The molecular weight excluding hydrogens is 572 g/mol. The summed E-state index contributed by atoms with van der Waals surface area (Å²) in [6.07, 6.45) is 1.43. The quantitative estimate of drug-likeness (QED) is 0.0945. The minimum Gasteiger partial charge on any atom is -0.454 e. The molecule has 12 heteroatoms. The molecule has 1 aliphatic rings. The number of hydrogen-bond donors (Lipinski definition) is 3. The van der Waals surface area contributed by atoms with Gasteiger partial charge in [0.15, 0.2) is 11.5 Å². The lowest BCUT2D eigenvalue weighted by atomic mass is 10.1. The van der Waals surface area contributed by atoms with Crippen LogP contribution in [0.3, 0.4) is 0 Å². The summed E-state index contributed by atoms with van der Waals surface area (Å²) in [5, 5.41) is 19.2. The van der Waals surface area contributed by atoms with E-state index in [0.29, 0.717) is 34.0 Å². The summed E-state index contributed by atoms with van der Waals surface area (Å²) < 4.78 is 10.6. The highest BCUT2D eigenvalue weighted by Crippen LogP contribution is 2.34. The predicted molar refractivity (Wildman–Crippen MR) is 162 cm³/mol. The number of carbonyl (C=O) groups excluding carboxylic acids is 3. The van der Waals surface area contributed by atoms with Crippen molar-refractivity contribution in [2.75, 3.05) is 23.2 Å². The van der Waals surface area contributed by atoms with E-state index in [-0.39, 0.29) is 29.8 Å². The zero-order valence-electron chi connectivity index (χ0n) is 22.4. The molecule has 5 rings (SSSR count). The van der Waals surface area contributed by atoms with E-state index in [2.05, 4.69) is 16.0 Å². The Hall–Kier alpha value is -5.62. The Morgan fingerprint density at radius 1 is 0.837 bits per heavy atom. The first kappa shape index (κ1) is 28.9. The summed E-state index contributed by atoms with van der Waals surface area (Å²) in [6.45, 7) is 0.142. The fraction of sp³-hybridized carbons (Fsp3) is 0.0645. The lowest BCUT2D eigenvalue weighted by molar-refractivity contribution is -0.384. The van der Waals surface area contributed by atoms with E-state index in [9.17, 15) is 24.5 Å². The van der Waals surface area contributed by atoms with Crippen LogP contribution >= 0.6 is 11.8 Å². The van der Waals surface area contributed by atoms with Crippen LogP contribution in [-0.2, 0) is 9.59 Å². The normalized spacial score (nSPS) is 11.9. The van der Waals surface area contributed by atoms with Crippen molar-refractivity contribution in [2.45, 2.75) is 4.90 Å². The van der Waals surface area contributed by atoms with Gasteiger partial charge in [-0.2, -0.15) is 0 Å². The average molecular weight is 597 g/mol. The molecule has 0 spiro atoms. The maximum atomic E-state index is 13.3. The lowest BCUT2D eigenvalue weighted by Crippen LogP contribution is -2.30. The Kier molecular flexibility index (Phi) is 8.98. The molecule has 4 aromatic carbocycles. The molecule has 0 unspecified atom stereocenters. The number of hydrogen-bond acceptors (Lipinski definition) is 8. The number of nitrogens with one attached hydrogen (secondary N) is 3. The number of non-ortho nitro benzene ring substituents is 1. The van der Waals surface area contributed by atoms with Crippen LogP contribution in [0.4, 0.5) is 17.1 Å². The van der Waals surface area contributed by atoms with Crippen LogP contribution in [0, 0.1) is 10.1 Å². The van der Waals surface area contributed by atoms with Crippen LogP contribution < -0.4 is 25.4 Å². The number of nitro groups is 1. The smallest absolute Gasteiger partial charge is 0.272 e. The molecule has 3 amide bonds. The van der Waals surface area contributed by atoms with Crippen molar-refractivity contribution >= 4 is 52.6 Å². The fourth-order valence-corrected chi connectivity index (χ4v) is 4.74. The molecule has 4 aromatic rings. The number of anilines is 2. The van der Waals surface area contributed by atoms with Gasteiger partial charge in [0.2, 0.25) is 12.7 Å². The molecule has 0 bridgehead atoms. The Morgan fingerprint density at radius 3 is 2.35 bits per heavy atom. The molecule has 0 saturated heterocycles. The Balaban J connectivity index is 1.26. The molecule has 0 aromatic heterocycles. The van der Waals surface area contributed by atoms with E-state index < -0.39 is 16.7 Å². The van der Waals surface area contributed by atoms with Crippen molar-refractivity contribution in [2.24, 2.45) is 0 Å². The first-order valence-electron chi connectivity index (χ1n) is 12.9. The number of carbonyl (C=O) groups is 3. The number of benzene rings is 4. The van der Waals surface area contributed by atoms with Gasteiger partial charge in [-0.1, -0.05) is 24.3 Å². The van der Waals surface area contributed by atoms with E-state index in [0.717, 1.165) is 4.90 Å². The molecule has 11 nitrogen and oxygen atoms in total. The van der Waals surface area contributed by atoms with Crippen molar-refractivity contribution in [3.63, 3.8) is 0 Å². The predicted octanol–water partition coefficient (Wildman–Crippen LogP) is 5.46. The number of fused-ring (bicyclic) bond motifs is 1. The number of nitro benzene ring substituents is 1. The lowest BCUT2D eigenvalue weighted by Gasteiger charge is -2.12. The van der Waals surface area contributed by atoms with Crippen molar-refractivity contribution in [3.05, 3.63) is 124 Å². The zero-order chi connectivity index (χ0) is 30.2. The average Bonchev–Trinajstić information content (AvgIpc) is 3.48. The van der Waals surface area contributed by atoms with Gasteiger partial charge >= 0.3 is 0 Å². The molecule has 1 aliphatic heterocycles. The molecule has 0 atom stereocenters. The summed E-state index contributed by atoms with van der Waals surface area (Å²) in [5.74, 6) is -0.0284. The highest BCUT2D eigenvalue weighted by atomic mass is 32.2. The van der Waals surface area contributed by atoms with Crippen molar-refractivity contribution < 1.29 is 28.8 Å². The van der Waals surface area contributed by atoms with Crippen molar-refractivity contribution in [1.29, 1.82) is 0 Å². The van der Waals surface area contributed by atoms with E-state index in [1.54, 1.807) is 72.8 Å². The molecule has 1 heterocycles. The minimum absolute atomic E-state index is 0.0659. The third-order valence-corrected chi connectivity index (χ3v) is 7.06. The summed E-state index contributed by atoms with van der Waals surface area (Å²) in [4.78, 5) is 49.9. The number of amides is 3. The van der Waals surface area contributed by atoms with Crippen LogP contribution in [-0.4, -0.2) is 35.2 Å². The van der Waals surface area contributed by atoms with Gasteiger partial charge in [0.25, 0.3) is 17.5 Å². The monoisotopic (exact) mass is 596 g/mol. The largest absolute Gasteiger partial charge is 0.454 e. The summed E-state index contributed by atoms with van der Waals surface area (Å²) in [5.41, 5.74) is 1.68. The molecule has 0 fully saturated rings. The van der Waals surface area contributed by atoms with Gasteiger partial charge in [-0.05, 0) is 66.2 Å². The van der Waals surface area contributed by atoms with E-state index in [4.69, 9.17) is 9.47 Å². The van der Waals surface area contributed by atoms with Gasteiger partial charge in [0.05, 0.1) is 10.7 Å². The molecule has 0 radical (unpaired) electrons. The maximum Gasteiger partial charge on any atom is 0.272 e. The van der Waals surface area contributed by atoms with Crippen LogP contribution in [0.2, 0.25) is 0 Å². The van der Waals surface area contributed by atoms with Crippen molar-refractivity contribution in [1.82, 2.24) is 5.32 Å². The van der Waals surface area contributed by atoms with Gasteiger partial charge in [-0.25, -0.2) is 0 Å². The summed E-state index contributed by atoms with van der Waals surface area (Å²) in [7, 11) is 0. The molecule has 0 saturated carbocycles.